The molecule has 1 atom stereocenters. The van der Waals surface area contributed by atoms with E-state index in [0.29, 0.717) is 6.04 Å². The number of nitrogens with zero attached hydrogens (tertiary/aromatic N) is 1. The number of hydrogen-bond donors (Lipinski definition) is 1. The van der Waals surface area contributed by atoms with Crippen LogP contribution in [0.15, 0.2) is 24.5 Å². The largest absolute Gasteiger partial charge is 0.310 e. The fraction of sp³-hybridized carbons (Fsp3) is 0.667. The first kappa shape index (κ1) is 12.6. The first-order valence-electron chi connectivity index (χ1n) is 6.89. The Hall–Kier alpha value is -0.890. The lowest BCUT2D eigenvalue weighted by molar-refractivity contribution is 0.276. The summed E-state index contributed by atoms with van der Waals surface area (Å²) in [5.74, 6) is 1.83. The minimum absolute atomic E-state index is 0.442. The van der Waals surface area contributed by atoms with Gasteiger partial charge in [-0.2, -0.15) is 0 Å². The molecule has 0 radical (unpaired) electrons. The number of aromatic nitrogens is 1. The van der Waals surface area contributed by atoms with Gasteiger partial charge in [-0.1, -0.05) is 19.8 Å². The molecule has 0 bridgehead atoms. The lowest BCUT2D eigenvalue weighted by Gasteiger charge is -2.27. The van der Waals surface area contributed by atoms with E-state index in [4.69, 9.17) is 0 Å². The van der Waals surface area contributed by atoms with Crippen molar-refractivity contribution in [2.45, 2.75) is 45.6 Å². The molecule has 1 heterocycles. The Kier molecular flexibility index (Phi) is 4.55. The molecule has 17 heavy (non-hydrogen) atoms. The average molecular weight is 232 g/mol. The molecular weight excluding hydrogens is 208 g/mol. The zero-order chi connectivity index (χ0) is 12.1. The summed E-state index contributed by atoms with van der Waals surface area (Å²) in [4.78, 5) is 4.06. The lowest BCUT2D eigenvalue weighted by Crippen LogP contribution is -2.28. The van der Waals surface area contributed by atoms with Gasteiger partial charge >= 0.3 is 0 Å². The van der Waals surface area contributed by atoms with E-state index in [1.54, 1.807) is 0 Å². The summed E-state index contributed by atoms with van der Waals surface area (Å²) in [5, 5.41) is 3.66. The Labute approximate surface area is 105 Å². The van der Waals surface area contributed by atoms with E-state index in [1.165, 1.54) is 31.2 Å². The van der Waals surface area contributed by atoms with Gasteiger partial charge in [-0.15, -0.1) is 0 Å². The zero-order valence-corrected chi connectivity index (χ0v) is 11.0. The molecule has 0 spiro atoms. The van der Waals surface area contributed by atoms with Crippen molar-refractivity contribution in [1.82, 2.24) is 10.3 Å². The van der Waals surface area contributed by atoms with Crippen molar-refractivity contribution in [2.24, 2.45) is 11.8 Å². The van der Waals surface area contributed by atoms with Gasteiger partial charge in [0.2, 0.25) is 0 Å². The van der Waals surface area contributed by atoms with Crippen LogP contribution < -0.4 is 5.32 Å². The predicted molar refractivity (Wildman–Crippen MR) is 71.8 cm³/mol. The molecule has 2 rings (SSSR count). The minimum atomic E-state index is 0.442. The third kappa shape index (κ3) is 3.81. The second-order valence-corrected chi connectivity index (χ2v) is 5.54. The molecule has 1 aliphatic rings. The fourth-order valence-electron chi connectivity index (χ4n) is 2.65. The van der Waals surface area contributed by atoms with Crippen molar-refractivity contribution < 1.29 is 0 Å². The molecule has 2 nitrogen and oxygen atoms in total. The molecule has 0 aliphatic heterocycles. The van der Waals surface area contributed by atoms with Gasteiger partial charge in [0, 0.05) is 18.4 Å². The van der Waals surface area contributed by atoms with E-state index < -0.39 is 0 Å². The fourth-order valence-corrected chi connectivity index (χ4v) is 2.65. The van der Waals surface area contributed by atoms with Crippen molar-refractivity contribution in [2.75, 3.05) is 6.54 Å². The van der Waals surface area contributed by atoms with Crippen LogP contribution in [-0.2, 0) is 0 Å². The molecule has 2 heteroatoms. The Morgan fingerprint density at radius 1 is 1.24 bits per heavy atom. The first-order chi connectivity index (χ1) is 8.25. The topological polar surface area (TPSA) is 24.9 Å². The molecule has 0 amide bonds. The van der Waals surface area contributed by atoms with Crippen LogP contribution in [0.5, 0.6) is 0 Å². The van der Waals surface area contributed by atoms with Crippen molar-refractivity contribution in [3.05, 3.63) is 30.1 Å². The lowest BCUT2D eigenvalue weighted by atomic mass is 9.83. The Morgan fingerprint density at radius 2 is 1.88 bits per heavy atom. The predicted octanol–water partition coefficient (Wildman–Crippen LogP) is 3.56. The molecule has 1 aromatic rings. The monoisotopic (exact) mass is 232 g/mol. The van der Waals surface area contributed by atoms with Crippen molar-refractivity contribution in [3.63, 3.8) is 0 Å². The normalized spacial score (nSPS) is 26.7. The molecule has 94 valence electrons. The summed E-state index contributed by atoms with van der Waals surface area (Å²) >= 11 is 0. The second-order valence-electron chi connectivity index (χ2n) is 5.54. The van der Waals surface area contributed by atoms with Gasteiger partial charge in [0.05, 0.1) is 0 Å². The molecule has 1 fully saturated rings. The maximum absolute atomic E-state index is 4.06. The molecule has 0 unspecified atom stereocenters. The second kappa shape index (κ2) is 6.15. The van der Waals surface area contributed by atoms with Crippen LogP contribution in [0.2, 0.25) is 0 Å². The van der Waals surface area contributed by atoms with Crippen LogP contribution in [0, 0.1) is 11.8 Å². The van der Waals surface area contributed by atoms with Crippen molar-refractivity contribution in [3.8, 4) is 0 Å². The summed E-state index contributed by atoms with van der Waals surface area (Å²) in [5.41, 5.74) is 1.34. The van der Waals surface area contributed by atoms with Crippen molar-refractivity contribution in [1.29, 1.82) is 0 Å². The minimum Gasteiger partial charge on any atom is -0.310 e. The van der Waals surface area contributed by atoms with Gasteiger partial charge in [-0.3, -0.25) is 4.98 Å². The van der Waals surface area contributed by atoms with Crippen LogP contribution >= 0.6 is 0 Å². The summed E-state index contributed by atoms with van der Waals surface area (Å²) in [6.45, 7) is 5.78. The molecule has 0 saturated heterocycles. The van der Waals surface area contributed by atoms with E-state index in [-0.39, 0.29) is 0 Å². The first-order valence-corrected chi connectivity index (χ1v) is 6.89. The highest BCUT2D eigenvalue weighted by Crippen LogP contribution is 2.28. The third-order valence-corrected chi connectivity index (χ3v) is 4.05. The van der Waals surface area contributed by atoms with Gasteiger partial charge in [0.15, 0.2) is 0 Å². The Balaban J connectivity index is 1.75. The maximum atomic E-state index is 4.06. The smallest absolute Gasteiger partial charge is 0.0293 e. The van der Waals surface area contributed by atoms with Gasteiger partial charge in [0.25, 0.3) is 0 Å². The summed E-state index contributed by atoms with van der Waals surface area (Å²) in [6.07, 6.45) is 9.37. The highest BCUT2D eigenvalue weighted by molar-refractivity contribution is 5.13. The summed E-state index contributed by atoms with van der Waals surface area (Å²) in [6, 6.07) is 4.64. The maximum Gasteiger partial charge on any atom is 0.0293 e. The van der Waals surface area contributed by atoms with Gasteiger partial charge < -0.3 is 5.32 Å². The molecule has 1 saturated carbocycles. The number of pyridine rings is 1. The van der Waals surface area contributed by atoms with Crippen LogP contribution in [0.25, 0.3) is 0 Å². The van der Waals surface area contributed by atoms with Gasteiger partial charge in [0.1, 0.15) is 0 Å². The highest BCUT2D eigenvalue weighted by atomic mass is 14.9. The van der Waals surface area contributed by atoms with Crippen LogP contribution in [0.3, 0.4) is 0 Å². The van der Waals surface area contributed by atoms with E-state index in [2.05, 4.69) is 36.3 Å². The average Bonchev–Trinajstić information content (AvgIpc) is 2.39. The van der Waals surface area contributed by atoms with E-state index >= 15 is 0 Å². The number of hydrogen-bond acceptors (Lipinski definition) is 2. The van der Waals surface area contributed by atoms with E-state index in [9.17, 15) is 0 Å². The Morgan fingerprint density at radius 3 is 2.53 bits per heavy atom. The molecule has 1 N–H and O–H groups in total. The molecule has 1 aliphatic carbocycles. The quantitative estimate of drug-likeness (QED) is 0.858. The number of rotatable bonds is 4. The Bertz CT molecular complexity index is 315. The van der Waals surface area contributed by atoms with E-state index in [1.807, 2.05) is 12.4 Å². The SMILES string of the molecule is CC1CCC(CN[C@H](C)c2ccncc2)CC1. The molecular formula is C15H24N2. The van der Waals surface area contributed by atoms with Crippen LogP contribution in [0.4, 0.5) is 0 Å². The van der Waals surface area contributed by atoms with Gasteiger partial charge in [-0.05, 0) is 55.8 Å². The standard InChI is InChI=1S/C15H24N2/c1-12-3-5-14(6-4-12)11-17-13(2)15-7-9-16-10-8-15/h7-10,12-14,17H,3-6,11H2,1-2H3/t12?,13-,14?/m1/s1. The van der Waals surface area contributed by atoms with Crippen LogP contribution in [0.1, 0.15) is 51.1 Å². The van der Waals surface area contributed by atoms with Crippen molar-refractivity contribution >= 4 is 0 Å². The zero-order valence-electron chi connectivity index (χ0n) is 11.0. The third-order valence-electron chi connectivity index (χ3n) is 4.05. The molecule has 0 aromatic carbocycles. The number of nitrogens with one attached hydrogen (secondary N) is 1. The van der Waals surface area contributed by atoms with Crippen LogP contribution in [-0.4, -0.2) is 11.5 Å². The molecule has 1 aromatic heterocycles. The summed E-state index contributed by atoms with van der Waals surface area (Å²) in [7, 11) is 0. The highest BCUT2D eigenvalue weighted by Gasteiger charge is 2.18. The summed E-state index contributed by atoms with van der Waals surface area (Å²) < 4.78 is 0. The van der Waals surface area contributed by atoms with E-state index in [0.717, 1.165) is 18.4 Å². The van der Waals surface area contributed by atoms with Gasteiger partial charge in [-0.25, -0.2) is 0 Å².